The highest BCUT2D eigenvalue weighted by molar-refractivity contribution is 5.89. The number of nitrogens with one attached hydrogen (secondary N) is 3. The lowest BCUT2D eigenvalue weighted by Gasteiger charge is -2.18. The van der Waals surface area contributed by atoms with Crippen LogP contribution >= 0.6 is 0 Å². The Morgan fingerprint density at radius 1 is 1.13 bits per heavy atom. The van der Waals surface area contributed by atoms with Crippen LogP contribution in [0.1, 0.15) is 43.7 Å². The van der Waals surface area contributed by atoms with Crippen molar-refractivity contribution >= 4 is 17.4 Å². The molecule has 1 aliphatic heterocycles. The summed E-state index contributed by atoms with van der Waals surface area (Å²) in [7, 11) is 1.74. The highest BCUT2D eigenvalue weighted by Crippen LogP contribution is 2.24. The molecule has 0 bridgehead atoms. The summed E-state index contributed by atoms with van der Waals surface area (Å²) < 4.78 is 0. The standard InChI is InChI=1S/C22H29N5O3/c1-26(22(28)23-18-12-8-13-20(15-18)27(29)30)14-7-3-6-11-19-16-21(25-24-19)17-9-4-2-5-10-17/h2,4-5,8-10,12-13,15,19,21,24-25H,3,6-7,11,14,16H2,1H3,(H,23,28). The summed E-state index contributed by atoms with van der Waals surface area (Å²) in [5.41, 5.74) is 8.46. The molecular weight excluding hydrogens is 382 g/mol. The average Bonchev–Trinajstić information content (AvgIpc) is 3.23. The molecule has 0 aliphatic carbocycles. The summed E-state index contributed by atoms with van der Waals surface area (Å²) in [6.45, 7) is 0.643. The number of anilines is 1. The van der Waals surface area contributed by atoms with Gasteiger partial charge in [0.2, 0.25) is 0 Å². The van der Waals surface area contributed by atoms with Crippen LogP contribution in [0.15, 0.2) is 54.6 Å². The number of non-ortho nitro benzene ring substituents is 1. The van der Waals surface area contributed by atoms with Crippen LogP contribution in [-0.4, -0.2) is 35.5 Å². The van der Waals surface area contributed by atoms with Crippen molar-refractivity contribution in [3.8, 4) is 0 Å². The van der Waals surface area contributed by atoms with Crippen molar-refractivity contribution in [3.63, 3.8) is 0 Å². The fraction of sp³-hybridized carbons (Fsp3) is 0.409. The third kappa shape index (κ3) is 6.27. The molecule has 0 aromatic heterocycles. The minimum atomic E-state index is -0.476. The third-order valence-corrected chi connectivity index (χ3v) is 5.38. The quantitative estimate of drug-likeness (QED) is 0.326. The van der Waals surface area contributed by atoms with Gasteiger partial charge >= 0.3 is 6.03 Å². The zero-order chi connectivity index (χ0) is 21.3. The van der Waals surface area contributed by atoms with Crippen LogP contribution in [0.2, 0.25) is 0 Å². The van der Waals surface area contributed by atoms with Crippen molar-refractivity contribution in [2.45, 2.75) is 44.2 Å². The first kappa shape index (κ1) is 21.7. The zero-order valence-corrected chi connectivity index (χ0v) is 17.2. The highest BCUT2D eigenvalue weighted by atomic mass is 16.6. The molecule has 8 nitrogen and oxygen atoms in total. The van der Waals surface area contributed by atoms with Crippen LogP contribution in [0.3, 0.4) is 0 Å². The SMILES string of the molecule is CN(CCCCCC1CC(c2ccccc2)NN1)C(=O)Nc1cccc([N+](=O)[O-])c1. The van der Waals surface area contributed by atoms with Gasteiger partial charge in [0, 0.05) is 43.5 Å². The van der Waals surface area contributed by atoms with E-state index in [1.54, 1.807) is 24.1 Å². The van der Waals surface area contributed by atoms with Gasteiger partial charge in [-0.3, -0.25) is 21.0 Å². The smallest absolute Gasteiger partial charge is 0.321 e. The molecule has 2 amide bonds. The van der Waals surface area contributed by atoms with Crippen molar-refractivity contribution in [3.05, 3.63) is 70.3 Å². The zero-order valence-electron chi connectivity index (χ0n) is 17.2. The van der Waals surface area contributed by atoms with E-state index < -0.39 is 4.92 Å². The van der Waals surface area contributed by atoms with Gasteiger partial charge in [0.1, 0.15) is 0 Å². The Labute approximate surface area is 176 Å². The monoisotopic (exact) mass is 411 g/mol. The van der Waals surface area contributed by atoms with Crippen LogP contribution in [-0.2, 0) is 0 Å². The molecule has 30 heavy (non-hydrogen) atoms. The Bertz CT molecular complexity index is 846. The third-order valence-electron chi connectivity index (χ3n) is 5.38. The van der Waals surface area contributed by atoms with E-state index >= 15 is 0 Å². The lowest BCUT2D eigenvalue weighted by molar-refractivity contribution is -0.384. The summed E-state index contributed by atoms with van der Waals surface area (Å²) in [5.74, 6) is 0. The molecule has 2 aromatic carbocycles. The fourth-order valence-corrected chi connectivity index (χ4v) is 3.65. The van der Waals surface area contributed by atoms with Crippen molar-refractivity contribution in [1.29, 1.82) is 0 Å². The number of hydrazine groups is 1. The van der Waals surface area contributed by atoms with E-state index in [2.05, 4.69) is 40.4 Å². The lowest BCUT2D eigenvalue weighted by Crippen LogP contribution is -2.32. The number of hydrogen-bond donors (Lipinski definition) is 3. The maximum absolute atomic E-state index is 12.3. The Morgan fingerprint density at radius 2 is 1.93 bits per heavy atom. The van der Waals surface area contributed by atoms with E-state index in [1.807, 2.05) is 6.07 Å². The summed E-state index contributed by atoms with van der Waals surface area (Å²) in [6, 6.07) is 17.0. The number of nitrogens with zero attached hydrogens (tertiary/aromatic N) is 2. The molecule has 1 heterocycles. The molecule has 8 heteroatoms. The average molecular weight is 412 g/mol. The topological polar surface area (TPSA) is 99.5 Å². The van der Waals surface area contributed by atoms with Gasteiger partial charge in [0.05, 0.1) is 4.92 Å². The molecule has 1 saturated heterocycles. The number of unbranched alkanes of at least 4 members (excludes halogenated alkanes) is 2. The molecule has 2 aromatic rings. The first-order valence-electron chi connectivity index (χ1n) is 10.4. The van der Waals surface area contributed by atoms with Crippen LogP contribution < -0.4 is 16.2 Å². The number of hydrogen-bond acceptors (Lipinski definition) is 5. The number of rotatable bonds is 9. The molecule has 1 aliphatic rings. The second-order valence-electron chi connectivity index (χ2n) is 7.69. The molecule has 2 atom stereocenters. The van der Waals surface area contributed by atoms with Crippen LogP contribution in [0.4, 0.5) is 16.2 Å². The first-order valence-corrected chi connectivity index (χ1v) is 10.4. The molecule has 1 fully saturated rings. The number of benzene rings is 2. The van der Waals surface area contributed by atoms with Crippen LogP contribution in [0.5, 0.6) is 0 Å². The van der Waals surface area contributed by atoms with E-state index in [4.69, 9.17) is 0 Å². The van der Waals surface area contributed by atoms with E-state index in [1.165, 1.54) is 17.7 Å². The van der Waals surface area contributed by atoms with E-state index in [0.717, 1.165) is 32.1 Å². The Balaban J connectivity index is 1.31. The van der Waals surface area contributed by atoms with E-state index in [-0.39, 0.29) is 11.7 Å². The van der Waals surface area contributed by atoms with Crippen LogP contribution in [0, 0.1) is 10.1 Å². The number of carbonyl (C=O) groups is 1. The lowest BCUT2D eigenvalue weighted by atomic mass is 9.99. The van der Waals surface area contributed by atoms with Gasteiger partial charge < -0.3 is 10.2 Å². The summed E-state index contributed by atoms with van der Waals surface area (Å²) >= 11 is 0. The summed E-state index contributed by atoms with van der Waals surface area (Å²) in [4.78, 5) is 24.2. The van der Waals surface area contributed by atoms with Gasteiger partial charge in [-0.2, -0.15) is 0 Å². The number of urea groups is 1. The molecule has 0 radical (unpaired) electrons. The fourth-order valence-electron chi connectivity index (χ4n) is 3.65. The molecular formula is C22H29N5O3. The maximum atomic E-state index is 12.3. The van der Waals surface area contributed by atoms with E-state index in [9.17, 15) is 14.9 Å². The van der Waals surface area contributed by atoms with Crippen molar-refractivity contribution in [2.75, 3.05) is 18.9 Å². The Morgan fingerprint density at radius 3 is 2.70 bits per heavy atom. The predicted octanol–water partition coefficient (Wildman–Crippen LogP) is 4.23. The molecule has 3 N–H and O–H groups in total. The molecule has 3 rings (SSSR count). The molecule has 0 saturated carbocycles. The van der Waals surface area contributed by atoms with Gasteiger partial charge in [0.15, 0.2) is 0 Å². The van der Waals surface area contributed by atoms with Gasteiger partial charge in [-0.15, -0.1) is 0 Å². The van der Waals surface area contributed by atoms with Crippen molar-refractivity contribution < 1.29 is 9.72 Å². The number of amides is 2. The van der Waals surface area contributed by atoms with Gasteiger partial charge in [0.25, 0.3) is 5.69 Å². The maximum Gasteiger partial charge on any atom is 0.321 e. The number of nitro groups is 1. The predicted molar refractivity (Wildman–Crippen MR) is 117 cm³/mol. The molecule has 0 spiro atoms. The minimum absolute atomic E-state index is 0.0417. The minimum Gasteiger partial charge on any atom is -0.328 e. The second-order valence-corrected chi connectivity index (χ2v) is 7.69. The summed E-state index contributed by atoms with van der Waals surface area (Å²) in [5, 5.41) is 13.5. The normalized spacial score (nSPS) is 18.2. The van der Waals surface area contributed by atoms with Crippen molar-refractivity contribution in [1.82, 2.24) is 15.8 Å². The summed E-state index contributed by atoms with van der Waals surface area (Å²) in [6.07, 6.45) is 5.24. The Hall–Kier alpha value is -2.97. The number of nitro benzene ring substituents is 1. The van der Waals surface area contributed by atoms with Crippen LogP contribution in [0.25, 0.3) is 0 Å². The molecule has 160 valence electrons. The van der Waals surface area contributed by atoms with Gasteiger partial charge in [-0.25, -0.2) is 4.79 Å². The number of carbonyl (C=O) groups excluding carboxylic acids is 1. The first-order chi connectivity index (χ1) is 14.5. The van der Waals surface area contributed by atoms with Gasteiger partial charge in [-0.1, -0.05) is 49.2 Å². The van der Waals surface area contributed by atoms with Gasteiger partial charge in [-0.05, 0) is 30.9 Å². The Kier molecular flexibility index (Phi) is 7.75. The molecule has 2 unspecified atom stereocenters. The second kappa shape index (κ2) is 10.7. The van der Waals surface area contributed by atoms with Crippen molar-refractivity contribution in [2.24, 2.45) is 0 Å². The largest absolute Gasteiger partial charge is 0.328 e. The van der Waals surface area contributed by atoms with E-state index in [0.29, 0.717) is 24.3 Å². The highest BCUT2D eigenvalue weighted by Gasteiger charge is 2.24.